The lowest BCUT2D eigenvalue weighted by atomic mass is 10.1. The van der Waals surface area contributed by atoms with Crippen LogP contribution < -0.4 is 15.4 Å². The molecule has 1 aromatic heterocycles. The van der Waals surface area contributed by atoms with Crippen LogP contribution in [0.15, 0.2) is 54.6 Å². The predicted octanol–water partition coefficient (Wildman–Crippen LogP) is 5.24. The maximum Gasteiger partial charge on any atom is 0.225 e. The van der Waals surface area contributed by atoms with Crippen LogP contribution in [0.1, 0.15) is 30.7 Å². The Balaban J connectivity index is 1.66. The molecule has 0 fully saturated rings. The molecule has 0 radical (unpaired) electrons. The molecule has 2 N–H and O–H groups in total. The number of aryl methyl sites for hydroxylation is 2. The molecule has 0 amide bonds. The van der Waals surface area contributed by atoms with Gasteiger partial charge in [0.05, 0.1) is 6.10 Å². The smallest absolute Gasteiger partial charge is 0.225 e. The van der Waals surface area contributed by atoms with Crippen molar-refractivity contribution in [3.63, 3.8) is 0 Å². The van der Waals surface area contributed by atoms with E-state index in [0.717, 1.165) is 22.9 Å². The van der Waals surface area contributed by atoms with E-state index >= 15 is 0 Å². The van der Waals surface area contributed by atoms with Gasteiger partial charge in [0.1, 0.15) is 11.6 Å². The van der Waals surface area contributed by atoms with E-state index in [1.165, 1.54) is 11.1 Å². The third-order valence-corrected chi connectivity index (χ3v) is 3.92. The Morgan fingerprint density at radius 3 is 2.30 bits per heavy atom. The molecule has 0 aliphatic carbocycles. The van der Waals surface area contributed by atoms with E-state index in [2.05, 4.69) is 51.8 Å². The monoisotopic (exact) mass is 362 g/mol. The SMILES string of the molecule is Cc1ccc(CNc2nc(C)cc(Nc3ccc(OC(C)C)cc3)n2)cc1. The summed E-state index contributed by atoms with van der Waals surface area (Å²) < 4.78 is 5.68. The summed E-state index contributed by atoms with van der Waals surface area (Å²) in [4.78, 5) is 9.04. The molecule has 0 spiro atoms. The van der Waals surface area contributed by atoms with Gasteiger partial charge in [-0.25, -0.2) is 4.98 Å². The highest BCUT2D eigenvalue weighted by atomic mass is 16.5. The van der Waals surface area contributed by atoms with Crippen molar-refractivity contribution in [1.29, 1.82) is 0 Å². The fourth-order valence-corrected chi connectivity index (χ4v) is 2.64. The minimum Gasteiger partial charge on any atom is -0.491 e. The third-order valence-electron chi connectivity index (χ3n) is 3.92. The van der Waals surface area contributed by atoms with Gasteiger partial charge in [0.2, 0.25) is 5.95 Å². The van der Waals surface area contributed by atoms with Crippen LogP contribution in [0.3, 0.4) is 0 Å². The fourth-order valence-electron chi connectivity index (χ4n) is 2.64. The van der Waals surface area contributed by atoms with E-state index in [9.17, 15) is 0 Å². The molecule has 2 aromatic carbocycles. The molecule has 0 saturated heterocycles. The molecule has 5 nitrogen and oxygen atoms in total. The maximum absolute atomic E-state index is 5.68. The quantitative estimate of drug-likeness (QED) is 0.602. The summed E-state index contributed by atoms with van der Waals surface area (Å²) in [6.07, 6.45) is 0.162. The van der Waals surface area contributed by atoms with Crippen LogP contribution >= 0.6 is 0 Å². The van der Waals surface area contributed by atoms with E-state index in [-0.39, 0.29) is 6.10 Å². The normalized spacial score (nSPS) is 10.7. The van der Waals surface area contributed by atoms with Crippen molar-refractivity contribution in [3.8, 4) is 5.75 Å². The van der Waals surface area contributed by atoms with Crippen LogP contribution in [0, 0.1) is 13.8 Å². The van der Waals surface area contributed by atoms with Crippen LogP contribution in [0.25, 0.3) is 0 Å². The van der Waals surface area contributed by atoms with Gasteiger partial charge < -0.3 is 15.4 Å². The summed E-state index contributed by atoms with van der Waals surface area (Å²) in [5.41, 5.74) is 4.30. The molecule has 0 bridgehead atoms. The molecule has 0 atom stereocenters. The highest BCUT2D eigenvalue weighted by molar-refractivity contribution is 5.58. The van der Waals surface area contributed by atoms with Crippen LogP contribution in [0.4, 0.5) is 17.5 Å². The average molecular weight is 362 g/mol. The highest BCUT2D eigenvalue weighted by Crippen LogP contribution is 2.21. The van der Waals surface area contributed by atoms with Gasteiger partial charge in [-0.3, -0.25) is 0 Å². The lowest BCUT2D eigenvalue weighted by Crippen LogP contribution is -2.07. The second-order valence-electron chi connectivity index (χ2n) is 6.87. The Labute approximate surface area is 160 Å². The Morgan fingerprint density at radius 1 is 0.926 bits per heavy atom. The average Bonchev–Trinajstić information content (AvgIpc) is 2.62. The lowest BCUT2D eigenvalue weighted by molar-refractivity contribution is 0.242. The zero-order valence-electron chi connectivity index (χ0n) is 16.3. The number of hydrogen-bond donors (Lipinski definition) is 2. The van der Waals surface area contributed by atoms with Crippen molar-refractivity contribution >= 4 is 17.5 Å². The first kappa shape index (κ1) is 18.7. The number of benzene rings is 2. The molecular weight excluding hydrogens is 336 g/mol. The molecule has 3 rings (SSSR count). The molecule has 3 aromatic rings. The Kier molecular flexibility index (Phi) is 5.91. The first-order valence-corrected chi connectivity index (χ1v) is 9.17. The van der Waals surface area contributed by atoms with Gasteiger partial charge in [-0.1, -0.05) is 29.8 Å². The fraction of sp³-hybridized carbons (Fsp3) is 0.273. The lowest BCUT2D eigenvalue weighted by Gasteiger charge is -2.12. The number of ether oxygens (including phenoxy) is 1. The van der Waals surface area contributed by atoms with Crippen molar-refractivity contribution in [2.24, 2.45) is 0 Å². The molecule has 1 heterocycles. The third kappa shape index (κ3) is 5.71. The molecule has 5 heteroatoms. The number of aromatic nitrogens is 2. The Bertz CT molecular complexity index is 874. The van der Waals surface area contributed by atoms with Gasteiger partial charge in [0.15, 0.2) is 0 Å². The number of hydrogen-bond acceptors (Lipinski definition) is 5. The second kappa shape index (κ2) is 8.54. The minimum atomic E-state index is 0.162. The summed E-state index contributed by atoms with van der Waals surface area (Å²) in [7, 11) is 0. The van der Waals surface area contributed by atoms with Crippen molar-refractivity contribution in [2.75, 3.05) is 10.6 Å². The maximum atomic E-state index is 5.68. The van der Waals surface area contributed by atoms with E-state index in [0.29, 0.717) is 12.5 Å². The zero-order chi connectivity index (χ0) is 19.2. The number of rotatable bonds is 7. The molecule has 140 valence electrons. The van der Waals surface area contributed by atoms with Gasteiger partial charge in [0, 0.05) is 24.0 Å². The standard InChI is InChI=1S/C22H26N4O/c1-15(2)27-20-11-9-19(10-12-20)25-21-13-17(4)24-22(26-21)23-14-18-7-5-16(3)6-8-18/h5-13,15H,14H2,1-4H3,(H2,23,24,25,26). The van der Waals surface area contributed by atoms with Gasteiger partial charge in [-0.05, 0) is 57.5 Å². The molecular formula is C22H26N4O. The minimum absolute atomic E-state index is 0.162. The summed E-state index contributed by atoms with van der Waals surface area (Å²) in [6.45, 7) is 8.76. The van der Waals surface area contributed by atoms with Crippen LogP contribution in [-0.4, -0.2) is 16.1 Å². The molecule has 0 aliphatic heterocycles. The highest BCUT2D eigenvalue weighted by Gasteiger charge is 2.04. The van der Waals surface area contributed by atoms with Gasteiger partial charge in [0.25, 0.3) is 0 Å². The molecule has 27 heavy (non-hydrogen) atoms. The summed E-state index contributed by atoms with van der Waals surface area (Å²) in [6, 6.07) is 18.2. The van der Waals surface area contributed by atoms with Crippen LogP contribution in [0.5, 0.6) is 5.75 Å². The van der Waals surface area contributed by atoms with Crippen molar-refractivity contribution in [1.82, 2.24) is 9.97 Å². The number of nitrogens with zero attached hydrogens (tertiary/aromatic N) is 2. The second-order valence-corrected chi connectivity index (χ2v) is 6.87. The summed E-state index contributed by atoms with van der Waals surface area (Å²) >= 11 is 0. The molecule has 0 aliphatic rings. The first-order chi connectivity index (χ1) is 13.0. The first-order valence-electron chi connectivity index (χ1n) is 9.17. The topological polar surface area (TPSA) is 59.1 Å². The van der Waals surface area contributed by atoms with Gasteiger partial charge in [-0.15, -0.1) is 0 Å². The largest absolute Gasteiger partial charge is 0.491 e. The summed E-state index contributed by atoms with van der Waals surface area (Å²) in [5, 5.41) is 6.62. The van der Waals surface area contributed by atoms with Crippen LogP contribution in [-0.2, 0) is 6.54 Å². The molecule has 0 saturated carbocycles. The van der Waals surface area contributed by atoms with Gasteiger partial charge in [-0.2, -0.15) is 4.98 Å². The van der Waals surface area contributed by atoms with E-state index in [1.807, 2.05) is 51.1 Å². The Hall–Kier alpha value is -3.08. The van der Waals surface area contributed by atoms with Crippen molar-refractivity contribution in [3.05, 3.63) is 71.4 Å². The predicted molar refractivity (Wildman–Crippen MR) is 111 cm³/mol. The summed E-state index contributed by atoms with van der Waals surface area (Å²) in [5.74, 6) is 2.22. The Morgan fingerprint density at radius 2 is 1.63 bits per heavy atom. The zero-order valence-corrected chi connectivity index (χ0v) is 16.3. The van der Waals surface area contributed by atoms with Gasteiger partial charge >= 0.3 is 0 Å². The van der Waals surface area contributed by atoms with Crippen LogP contribution in [0.2, 0.25) is 0 Å². The van der Waals surface area contributed by atoms with E-state index in [1.54, 1.807) is 0 Å². The molecule has 0 unspecified atom stereocenters. The number of anilines is 3. The van der Waals surface area contributed by atoms with E-state index < -0.39 is 0 Å². The number of nitrogens with one attached hydrogen (secondary N) is 2. The van der Waals surface area contributed by atoms with Crippen molar-refractivity contribution < 1.29 is 4.74 Å². The van der Waals surface area contributed by atoms with Crippen molar-refractivity contribution in [2.45, 2.75) is 40.3 Å². The van der Waals surface area contributed by atoms with E-state index in [4.69, 9.17) is 4.74 Å².